The molecular weight excluding hydrogens is 206 g/mol. The minimum atomic E-state index is -0.233. The lowest BCUT2D eigenvalue weighted by molar-refractivity contribution is -0.599. The van der Waals surface area contributed by atoms with Gasteiger partial charge in [-0.3, -0.25) is 5.41 Å². The highest BCUT2D eigenvalue weighted by atomic mass is 16.5. The van der Waals surface area contributed by atoms with Crippen LogP contribution in [-0.2, 0) is 9.53 Å². The van der Waals surface area contributed by atoms with E-state index in [9.17, 15) is 4.79 Å². The molecule has 0 unspecified atom stereocenters. The molecule has 0 aromatic carbocycles. The average Bonchev–Trinajstić information content (AvgIpc) is 2.27. The lowest BCUT2D eigenvalue weighted by Gasteiger charge is -2.12. The molecule has 0 bridgehead atoms. The molecule has 0 spiro atoms. The normalized spacial score (nSPS) is 16.2. The van der Waals surface area contributed by atoms with Crippen molar-refractivity contribution in [3.05, 3.63) is 11.3 Å². The Morgan fingerprint density at radius 3 is 3.00 bits per heavy atom. The molecule has 0 fully saturated rings. The summed E-state index contributed by atoms with van der Waals surface area (Å²) in [5, 5.41) is 14.9. The molecule has 16 heavy (non-hydrogen) atoms. The second-order valence-electron chi connectivity index (χ2n) is 3.68. The van der Waals surface area contributed by atoms with Gasteiger partial charge in [-0.05, 0) is 13.3 Å². The Bertz CT molecular complexity index is 334. The van der Waals surface area contributed by atoms with Crippen molar-refractivity contribution in [2.45, 2.75) is 26.2 Å². The maximum Gasteiger partial charge on any atom is 0.362 e. The largest absolute Gasteiger partial charge is 0.462 e. The van der Waals surface area contributed by atoms with Crippen molar-refractivity contribution < 1.29 is 20.3 Å². The Morgan fingerprint density at radius 1 is 1.62 bits per heavy atom. The maximum absolute atomic E-state index is 11.2. The zero-order valence-corrected chi connectivity index (χ0v) is 9.58. The van der Waals surface area contributed by atoms with Crippen LogP contribution in [0.5, 0.6) is 0 Å². The molecule has 0 saturated carbocycles. The molecule has 0 aromatic rings. The molecule has 5 nitrogen and oxygen atoms in total. The standard InChI is InChI=1S/C11H17N3O2/c1-2-16-11(15)7-14-10-5-3-4-9(13)8(10)6-12/h6,12-14H,2-5,7H2,1H3/p+2. The third-order valence-electron chi connectivity index (χ3n) is 2.55. The monoisotopic (exact) mass is 225 g/mol. The molecule has 0 atom stereocenters. The van der Waals surface area contributed by atoms with Crippen molar-refractivity contribution in [3.8, 4) is 0 Å². The number of quaternary nitrogens is 1. The van der Waals surface area contributed by atoms with Gasteiger partial charge < -0.3 is 15.5 Å². The molecule has 0 heterocycles. The predicted octanol–water partition coefficient (Wildman–Crippen LogP) is -1.60. The summed E-state index contributed by atoms with van der Waals surface area (Å²) in [6.45, 7) is 2.44. The third-order valence-corrected chi connectivity index (χ3v) is 2.55. The van der Waals surface area contributed by atoms with Crippen LogP contribution >= 0.6 is 0 Å². The molecule has 0 aliphatic heterocycles. The fourth-order valence-electron chi connectivity index (χ4n) is 1.77. The van der Waals surface area contributed by atoms with Gasteiger partial charge in [0.15, 0.2) is 12.3 Å². The predicted molar refractivity (Wildman–Crippen MR) is 60.0 cm³/mol. The van der Waals surface area contributed by atoms with Gasteiger partial charge in [0, 0.05) is 19.1 Å². The Balaban J connectivity index is 2.60. The van der Waals surface area contributed by atoms with E-state index in [2.05, 4.69) is 0 Å². The molecule has 1 aliphatic rings. The Morgan fingerprint density at radius 2 is 2.38 bits per heavy atom. The number of nitrogens with one attached hydrogen (secondary N) is 1. The first-order valence-corrected chi connectivity index (χ1v) is 5.53. The first-order chi connectivity index (χ1) is 7.69. The SMILES string of the molecule is CCOC(=O)C[NH2+]C1=C(C=N)C(=[NH2+])CCC1. The number of esters is 1. The van der Waals surface area contributed by atoms with E-state index in [-0.39, 0.29) is 12.5 Å². The molecule has 1 rings (SSSR count). The highest BCUT2D eigenvalue weighted by Crippen LogP contribution is 2.14. The third kappa shape index (κ3) is 3.27. The smallest absolute Gasteiger partial charge is 0.362 e. The van der Waals surface area contributed by atoms with Crippen LogP contribution in [0.3, 0.4) is 0 Å². The first kappa shape index (κ1) is 12.6. The van der Waals surface area contributed by atoms with E-state index in [4.69, 9.17) is 15.6 Å². The van der Waals surface area contributed by atoms with Crippen molar-refractivity contribution in [2.75, 3.05) is 13.2 Å². The van der Waals surface area contributed by atoms with Crippen molar-refractivity contribution in [1.29, 1.82) is 5.41 Å². The first-order valence-electron chi connectivity index (χ1n) is 5.53. The summed E-state index contributed by atoms with van der Waals surface area (Å²) < 4.78 is 4.84. The summed E-state index contributed by atoms with van der Waals surface area (Å²) in [6.07, 6.45) is 3.97. The van der Waals surface area contributed by atoms with Crippen LogP contribution in [0.1, 0.15) is 26.2 Å². The number of hydrogen-bond donors (Lipinski definition) is 3. The van der Waals surface area contributed by atoms with Gasteiger partial charge in [-0.25, -0.2) is 4.79 Å². The molecule has 1 aliphatic carbocycles. The molecular formula is C11H19N3O2+2. The van der Waals surface area contributed by atoms with Crippen LogP contribution in [-0.4, -0.2) is 31.0 Å². The minimum absolute atomic E-state index is 0.233. The number of rotatable bonds is 5. The van der Waals surface area contributed by atoms with Gasteiger partial charge in [0.1, 0.15) is 11.3 Å². The summed E-state index contributed by atoms with van der Waals surface area (Å²) in [6, 6.07) is 0. The highest BCUT2D eigenvalue weighted by molar-refractivity contribution is 6.13. The summed E-state index contributed by atoms with van der Waals surface area (Å²) in [5.74, 6) is -0.233. The lowest BCUT2D eigenvalue weighted by Crippen LogP contribution is -2.85. The molecule has 88 valence electrons. The topological polar surface area (TPSA) is 92.3 Å². The van der Waals surface area contributed by atoms with E-state index >= 15 is 0 Å². The van der Waals surface area contributed by atoms with E-state index in [1.54, 1.807) is 6.92 Å². The second kappa shape index (κ2) is 6.17. The van der Waals surface area contributed by atoms with E-state index in [1.165, 1.54) is 6.21 Å². The van der Waals surface area contributed by atoms with E-state index in [0.717, 1.165) is 36.2 Å². The van der Waals surface area contributed by atoms with Gasteiger partial charge in [0.2, 0.25) is 0 Å². The Kier molecular flexibility index (Phi) is 4.85. The zero-order valence-electron chi connectivity index (χ0n) is 9.58. The zero-order chi connectivity index (χ0) is 12.0. The van der Waals surface area contributed by atoms with Crippen LogP contribution in [0.2, 0.25) is 0 Å². The highest BCUT2D eigenvalue weighted by Gasteiger charge is 2.23. The average molecular weight is 225 g/mol. The van der Waals surface area contributed by atoms with E-state index in [1.807, 2.05) is 5.32 Å². The van der Waals surface area contributed by atoms with E-state index in [0.29, 0.717) is 6.61 Å². The number of allylic oxidation sites excluding steroid dienone is 2. The molecule has 0 amide bonds. The van der Waals surface area contributed by atoms with Crippen LogP contribution in [0.15, 0.2) is 11.3 Å². The van der Waals surface area contributed by atoms with Crippen molar-refractivity contribution in [1.82, 2.24) is 0 Å². The van der Waals surface area contributed by atoms with E-state index < -0.39 is 0 Å². The van der Waals surface area contributed by atoms with Crippen molar-refractivity contribution in [3.63, 3.8) is 0 Å². The Labute approximate surface area is 94.9 Å². The number of hydrogen-bond acceptors (Lipinski definition) is 3. The van der Waals surface area contributed by atoms with Crippen LogP contribution < -0.4 is 10.7 Å². The van der Waals surface area contributed by atoms with Crippen LogP contribution in [0.25, 0.3) is 0 Å². The fraction of sp³-hybridized carbons (Fsp3) is 0.545. The van der Waals surface area contributed by atoms with Crippen LogP contribution in [0.4, 0.5) is 0 Å². The molecule has 0 saturated heterocycles. The maximum atomic E-state index is 11.2. The van der Waals surface area contributed by atoms with Gasteiger partial charge in [0.05, 0.1) is 6.61 Å². The summed E-state index contributed by atoms with van der Waals surface area (Å²) in [4.78, 5) is 11.2. The molecule has 0 radical (unpaired) electrons. The van der Waals surface area contributed by atoms with Gasteiger partial charge in [0.25, 0.3) is 0 Å². The van der Waals surface area contributed by atoms with Crippen LogP contribution in [0, 0.1) is 5.41 Å². The summed E-state index contributed by atoms with van der Waals surface area (Å²) >= 11 is 0. The minimum Gasteiger partial charge on any atom is -0.462 e. The van der Waals surface area contributed by atoms with Gasteiger partial charge in [-0.1, -0.05) is 0 Å². The second-order valence-corrected chi connectivity index (χ2v) is 3.68. The number of ether oxygens (including phenoxy) is 1. The number of carbonyl (C=O) groups excluding carboxylic acids is 1. The molecule has 5 heteroatoms. The lowest BCUT2D eigenvalue weighted by atomic mass is 9.95. The molecule has 5 N–H and O–H groups in total. The van der Waals surface area contributed by atoms with Crippen molar-refractivity contribution in [2.24, 2.45) is 0 Å². The summed E-state index contributed by atoms with van der Waals surface area (Å²) in [7, 11) is 0. The van der Waals surface area contributed by atoms with Gasteiger partial charge >= 0.3 is 5.97 Å². The van der Waals surface area contributed by atoms with Gasteiger partial charge in [-0.2, -0.15) is 0 Å². The fourth-order valence-corrected chi connectivity index (χ4v) is 1.77. The number of nitrogens with two attached hydrogens (primary N) is 2. The molecule has 0 aromatic heterocycles. The van der Waals surface area contributed by atoms with Gasteiger partial charge in [-0.15, -0.1) is 0 Å². The van der Waals surface area contributed by atoms with Crippen molar-refractivity contribution >= 4 is 17.9 Å². The summed E-state index contributed by atoms with van der Waals surface area (Å²) in [5.41, 5.74) is 2.51. The number of carbonyl (C=O) groups is 1. The quantitative estimate of drug-likeness (QED) is 0.388. The Hall–Kier alpha value is -1.49.